The van der Waals surface area contributed by atoms with Crippen molar-refractivity contribution in [1.82, 2.24) is 24.6 Å². The number of hydrogen-bond donors (Lipinski definition) is 2. The molecule has 20 heavy (non-hydrogen) atoms. The average Bonchev–Trinajstić information content (AvgIpc) is 3.05. The Hall–Kier alpha value is -2.26. The first-order valence-corrected chi connectivity index (χ1v) is 6.24. The van der Waals surface area contributed by atoms with Crippen LogP contribution < -0.4 is 17.0 Å². The zero-order valence-electron chi connectivity index (χ0n) is 10.6. The highest BCUT2D eigenvalue weighted by Crippen LogP contribution is 2.20. The van der Waals surface area contributed by atoms with Gasteiger partial charge >= 0.3 is 5.69 Å². The third-order valence-electron chi connectivity index (χ3n) is 3.31. The summed E-state index contributed by atoms with van der Waals surface area (Å²) in [5, 5.41) is 4.17. The second-order valence-electron chi connectivity index (χ2n) is 4.60. The Labute approximate surface area is 113 Å². The highest BCUT2D eigenvalue weighted by molar-refractivity contribution is 5.80. The maximum absolute atomic E-state index is 12.1. The molecule has 1 fully saturated rings. The zero-order valence-corrected chi connectivity index (χ0v) is 10.6. The van der Waals surface area contributed by atoms with Crippen molar-refractivity contribution in [3.05, 3.63) is 29.1 Å². The molecule has 2 atom stereocenters. The third kappa shape index (κ3) is 2.17. The number of nitrogens with zero attached hydrogens (tertiary/aromatic N) is 4. The fourth-order valence-electron chi connectivity index (χ4n) is 2.32. The molecule has 1 amide bonds. The van der Waals surface area contributed by atoms with Crippen LogP contribution in [0.4, 0.5) is 0 Å². The minimum atomic E-state index is -0.556. The van der Waals surface area contributed by atoms with E-state index in [1.165, 1.54) is 21.5 Å². The van der Waals surface area contributed by atoms with Gasteiger partial charge in [-0.25, -0.2) is 19.7 Å². The van der Waals surface area contributed by atoms with E-state index in [1.807, 2.05) is 0 Å². The zero-order chi connectivity index (χ0) is 14.1. The van der Waals surface area contributed by atoms with Crippen molar-refractivity contribution < 1.29 is 9.53 Å². The van der Waals surface area contributed by atoms with E-state index in [4.69, 9.17) is 10.6 Å². The lowest BCUT2D eigenvalue weighted by Gasteiger charge is -2.11. The number of hydrogen-bond acceptors (Lipinski definition) is 6. The van der Waals surface area contributed by atoms with Crippen molar-refractivity contribution in [2.45, 2.75) is 31.6 Å². The van der Waals surface area contributed by atoms with Gasteiger partial charge in [0.2, 0.25) is 0 Å². The molecule has 0 bridgehead atoms. The summed E-state index contributed by atoms with van der Waals surface area (Å²) in [4.78, 5) is 27.3. The number of nitrogens with one attached hydrogen (secondary N) is 1. The van der Waals surface area contributed by atoms with Crippen molar-refractivity contribution >= 4 is 11.6 Å². The predicted octanol–water partition coefficient (Wildman–Crippen LogP) is -1.57. The van der Waals surface area contributed by atoms with Gasteiger partial charge in [0.05, 0.1) is 18.8 Å². The summed E-state index contributed by atoms with van der Waals surface area (Å²) in [6.07, 6.45) is 5.06. The van der Waals surface area contributed by atoms with Crippen LogP contribution in [0.5, 0.6) is 0 Å². The maximum atomic E-state index is 12.1. The lowest BCUT2D eigenvalue weighted by Crippen LogP contribution is -2.39. The number of fused-ring (bicyclic) bond motifs is 1. The Morgan fingerprint density at radius 3 is 3.15 bits per heavy atom. The van der Waals surface area contributed by atoms with Crippen molar-refractivity contribution in [2.75, 3.05) is 0 Å². The van der Waals surface area contributed by atoms with Gasteiger partial charge in [0.1, 0.15) is 6.10 Å². The molecule has 9 heteroatoms. The average molecular weight is 278 g/mol. The van der Waals surface area contributed by atoms with Crippen LogP contribution in [-0.2, 0) is 16.1 Å². The van der Waals surface area contributed by atoms with Gasteiger partial charge in [0, 0.05) is 12.4 Å². The molecular formula is C11H14N6O3. The molecule has 3 heterocycles. The third-order valence-corrected chi connectivity index (χ3v) is 3.31. The molecular weight excluding hydrogens is 264 g/mol. The Morgan fingerprint density at radius 1 is 1.55 bits per heavy atom. The summed E-state index contributed by atoms with van der Waals surface area (Å²) in [7, 11) is 0. The van der Waals surface area contributed by atoms with Crippen LogP contribution in [0.25, 0.3) is 5.65 Å². The van der Waals surface area contributed by atoms with E-state index in [-0.39, 0.29) is 17.7 Å². The van der Waals surface area contributed by atoms with Gasteiger partial charge < -0.3 is 4.74 Å². The number of hydrazine groups is 1. The van der Waals surface area contributed by atoms with Crippen molar-refractivity contribution in [1.29, 1.82) is 0 Å². The molecule has 1 aliphatic rings. The van der Waals surface area contributed by atoms with Crippen LogP contribution in [0, 0.1) is 0 Å². The molecule has 2 unspecified atom stereocenters. The number of amides is 1. The number of rotatable bonds is 3. The summed E-state index contributed by atoms with van der Waals surface area (Å²) >= 11 is 0. The monoisotopic (exact) mass is 278 g/mol. The fraction of sp³-hybridized carbons (Fsp3) is 0.455. The van der Waals surface area contributed by atoms with E-state index < -0.39 is 6.10 Å². The highest BCUT2D eigenvalue weighted by Gasteiger charge is 2.31. The number of carbonyl (C=O) groups excluding carboxylic acids is 1. The summed E-state index contributed by atoms with van der Waals surface area (Å²) in [6.45, 7) is 0.300. The molecule has 0 aliphatic carbocycles. The summed E-state index contributed by atoms with van der Waals surface area (Å²) in [6, 6.07) is 0. The summed E-state index contributed by atoms with van der Waals surface area (Å²) in [5.74, 6) is 4.72. The van der Waals surface area contributed by atoms with Crippen LogP contribution in [0.1, 0.15) is 12.8 Å². The van der Waals surface area contributed by atoms with Crippen LogP contribution >= 0.6 is 0 Å². The Balaban J connectivity index is 1.76. The fourth-order valence-corrected chi connectivity index (χ4v) is 2.32. The molecule has 106 valence electrons. The first-order valence-electron chi connectivity index (χ1n) is 6.24. The first kappa shape index (κ1) is 12.8. The van der Waals surface area contributed by atoms with Gasteiger partial charge in [-0.2, -0.15) is 0 Å². The van der Waals surface area contributed by atoms with E-state index in [9.17, 15) is 9.59 Å². The number of carbonyl (C=O) groups is 1. The van der Waals surface area contributed by atoms with Crippen molar-refractivity contribution in [3.8, 4) is 0 Å². The van der Waals surface area contributed by atoms with Gasteiger partial charge in [-0.05, 0) is 12.8 Å². The second-order valence-corrected chi connectivity index (χ2v) is 4.60. The van der Waals surface area contributed by atoms with Gasteiger partial charge in [0.25, 0.3) is 5.91 Å². The van der Waals surface area contributed by atoms with E-state index in [0.717, 1.165) is 0 Å². The lowest BCUT2D eigenvalue weighted by atomic mass is 10.2. The molecule has 9 nitrogen and oxygen atoms in total. The quantitative estimate of drug-likeness (QED) is 0.398. The van der Waals surface area contributed by atoms with Crippen LogP contribution in [0.3, 0.4) is 0 Å². The number of aromatic nitrogens is 4. The van der Waals surface area contributed by atoms with Gasteiger partial charge in [-0.15, -0.1) is 5.10 Å². The molecule has 1 aliphatic heterocycles. The highest BCUT2D eigenvalue weighted by atomic mass is 16.5. The van der Waals surface area contributed by atoms with Crippen LogP contribution in [0.2, 0.25) is 0 Å². The van der Waals surface area contributed by atoms with E-state index >= 15 is 0 Å². The van der Waals surface area contributed by atoms with Crippen LogP contribution in [0.15, 0.2) is 23.4 Å². The Morgan fingerprint density at radius 2 is 2.40 bits per heavy atom. The smallest absolute Gasteiger partial charge is 0.350 e. The summed E-state index contributed by atoms with van der Waals surface area (Å²) < 4.78 is 8.28. The minimum absolute atomic E-state index is 0.229. The van der Waals surface area contributed by atoms with Gasteiger partial charge in [0.15, 0.2) is 5.65 Å². The first-order chi connectivity index (χ1) is 9.69. The second kappa shape index (κ2) is 5.02. The van der Waals surface area contributed by atoms with E-state index in [1.54, 1.807) is 6.20 Å². The van der Waals surface area contributed by atoms with Crippen molar-refractivity contribution in [3.63, 3.8) is 0 Å². The lowest BCUT2D eigenvalue weighted by molar-refractivity contribution is -0.132. The maximum Gasteiger partial charge on any atom is 0.350 e. The Kier molecular flexibility index (Phi) is 3.20. The topological polar surface area (TPSA) is 117 Å². The van der Waals surface area contributed by atoms with E-state index in [2.05, 4.69) is 15.5 Å². The molecule has 3 rings (SSSR count). The molecule has 0 spiro atoms. The number of ether oxygens (including phenoxy) is 1. The van der Waals surface area contributed by atoms with Crippen LogP contribution in [-0.4, -0.2) is 37.3 Å². The van der Waals surface area contributed by atoms with Gasteiger partial charge in [-0.3, -0.25) is 15.2 Å². The molecule has 3 N–H and O–H groups in total. The molecule has 2 aromatic rings. The van der Waals surface area contributed by atoms with Gasteiger partial charge in [-0.1, -0.05) is 0 Å². The normalized spacial score (nSPS) is 22.2. The molecule has 1 saturated heterocycles. The largest absolute Gasteiger partial charge is 0.363 e. The van der Waals surface area contributed by atoms with Crippen molar-refractivity contribution in [2.24, 2.45) is 5.84 Å². The molecule has 2 aromatic heterocycles. The number of nitrogens with two attached hydrogens (primary N) is 1. The Bertz CT molecular complexity index is 693. The van der Waals surface area contributed by atoms with E-state index in [0.29, 0.717) is 25.0 Å². The molecule has 0 aromatic carbocycles. The predicted molar refractivity (Wildman–Crippen MR) is 67.5 cm³/mol. The standard InChI is InChI=1S/C11H14N6O3/c12-14-10(18)8-2-1-7(20-8)6-17-11(19)16-4-3-13-5-9(16)15-17/h3-5,7-8H,1-2,6,12H2,(H,14,18). The molecule has 0 saturated carbocycles. The minimum Gasteiger partial charge on any atom is -0.363 e. The molecule has 0 radical (unpaired) electrons. The SMILES string of the molecule is NNC(=O)C1CCC(Cn2nc3cnccn3c2=O)O1. The summed E-state index contributed by atoms with van der Waals surface area (Å²) in [5.41, 5.74) is 2.29.